The topological polar surface area (TPSA) is 55.0 Å². The van der Waals surface area contributed by atoms with Crippen LogP contribution in [0.5, 0.6) is 0 Å². The van der Waals surface area contributed by atoms with Crippen LogP contribution >= 0.6 is 0 Å². The highest BCUT2D eigenvalue weighted by molar-refractivity contribution is 5.41. The van der Waals surface area contributed by atoms with Crippen LogP contribution in [0.1, 0.15) is 30.8 Å². The van der Waals surface area contributed by atoms with E-state index < -0.39 is 0 Å². The Balaban J connectivity index is 2.26. The minimum atomic E-state index is 0.447. The predicted octanol–water partition coefficient (Wildman–Crippen LogP) is 1.41. The summed E-state index contributed by atoms with van der Waals surface area (Å²) >= 11 is 0. The molecule has 1 saturated heterocycles. The molecule has 0 aromatic carbocycles. The second kappa shape index (κ2) is 4.78. The third kappa shape index (κ3) is 2.32. The lowest BCUT2D eigenvalue weighted by molar-refractivity contribution is 0.461. The number of aryl methyl sites for hydroxylation is 2. The van der Waals surface area contributed by atoms with E-state index in [4.69, 9.17) is 5.73 Å². The van der Waals surface area contributed by atoms with Gasteiger partial charge in [-0.3, -0.25) is 0 Å². The minimum Gasteiger partial charge on any atom is -0.352 e. The fraction of sp³-hybridized carbons (Fsp3) is 0.667. The first-order chi connectivity index (χ1) is 7.70. The zero-order chi connectivity index (χ0) is 11.5. The van der Waals surface area contributed by atoms with Gasteiger partial charge in [-0.15, -0.1) is 0 Å². The van der Waals surface area contributed by atoms with E-state index in [1.54, 1.807) is 0 Å². The van der Waals surface area contributed by atoms with Crippen molar-refractivity contribution in [2.45, 2.75) is 39.2 Å². The third-order valence-electron chi connectivity index (χ3n) is 3.15. The van der Waals surface area contributed by atoms with E-state index in [0.717, 1.165) is 23.9 Å². The standard InChI is InChI=1S/C12H20N4/c1-9-7-12(15-10(2)14-9)16-6-4-3-5-11(16)8-13/h7,11H,3-6,8,13H2,1-2H3. The van der Waals surface area contributed by atoms with Crippen molar-refractivity contribution in [1.82, 2.24) is 9.97 Å². The lowest BCUT2D eigenvalue weighted by atomic mass is 10.0. The third-order valence-corrected chi connectivity index (χ3v) is 3.15. The molecule has 4 nitrogen and oxygen atoms in total. The molecule has 1 fully saturated rings. The van der Waals surface area contributed by atoms with E-state index in [1.165, 1.54) is 19.3 Å². The van der Waals surface area contributed by atoms with Crippen LogP contribution in [-0.4, -0.2) is 29.1 Å². The predicted molar refractivity (Wildman–Crippen MR) is 65.5 cm³/mol. The molecule has 2 rings (SSSR count). The Morgan fingerprint density at radius 1 is 1.38 bits per heavy atom. The van der Waals surface area contributed by atoms with Crippen molar-refractivity contribution in [3.63, 3.8) is 0 Å². The number of hydrogen-bond donors (Lipinski definition) is 1. The normalized spacial score (nSPS) is 21.2. The Hall–Kier alpha value is -1.16. The summed E-state index contributed by atoms with van der Waals surface area (Å²) in [6.45, 7) is 5.73. The molecule has 2 heterocycles. The van der Waals surface area contributed by atoms with Crippen molar-refractivity contribution in [1.29, 1.82) is 0 Å². The summed E-state index contributed by atoms with van der Waals surface area (Å²) in [4.78, 5) is 11.2. The van der Waals surface area contributed by atoms with Crippen molar-refractivity contribution >= 4 is 5.82 Å². The summed E-state index contributed by atoms with van der Waals surface area (Å²) < 4.78 is 0. The Morgan fingerprint density at radius 3 is 2.88 bits per heavy atom. The second-order valence-electron chi connectivity index (χ2n) is 4.49. The minimum absolute atomic E-state index is 0.447. The molecule has 0 radical (unpaired) electrons. The Morgan fingerprint density at radius 2 is 2.19 bits per heavy atom. The molecule has 0 amide bonds. The fourth-order valence-electron chi connectivity index (χ4n) is 2.39. The van der Waals surface area contributed by atoms with Gasteiger partial charge in [0.15, 0.2) is 0 Å². The molecule has 0 bridgehead atoms. The number of rotatable bonds is 2. The zero-order valence-corrected chi connectivity index (χ0v) is 10.1. The number of piperidine rings is 1. The highest BCUT2D eigenvalue weighted by Crippen LogP contribution is 2.22. The Labute approximate surface area is 96.9 Å². The maximum atomic E-state index is 5.82. The fourth-order valence-corrected chi connectivity index (χ4v) is 2.39. The summed E-state index contributed by atoms with van der Waals surface area (Å²) in [5, 5.41) is 0. The van der Waals surface area contributed by atoms with Crippen molar-refractivity contribution in [3.05, 3.63) is 17.6 Å². The summed E-state index contributed by atoms with van der Waals surface area (Å²) in [5.74, 6) is 1.89. The monoisotopic (exact) mass is 220 g/mol. The molecule has 4 heteroatoms. The molecule has 1 aliphatic rings. The van der Waals surface area contributed by atoms with Gasteiger partial charge in [0.1, 0.15) is 11.6 Å². The van der Waals surface area contributed by atoms with Crippen LogP contribution in [0.3, 0.4) is 0 Å². The van der Waals surface area contributed by atoms with Crippen molar-refractivity contribution in [3.8, 4) is 0 Å². The SMILES string of the molecule is Cc1cc(N2CCCCC2CN)nc(C)n1. The molecule has 1 aromatic heterocycles. The van der Waals surface area contributed by atoms with E-state index >= 15 is 0 Å². The molecule has 0 aliphatic carbocycles. The quantitative estimate of drug-likeness (QED) is 0.818. The summed E-state index contributed by atoms with van der Waals surface area (Å²) in [7, 11) is 0. The Kier molecular flexibility index (Phi) is 3.39. The van der Waals surface area contributed by atoms with Gasteiger partial charge in [0, 0.05) is 30.9 Å². The van der Waals surface area contributed by atoms with Gasteiger partial charge >= 0.3 is 0 Å². The molecule has 0 spiro atoms. The first-order valence-electron chi connectivity index (χ1n) is 5.99. The average molecular weight is 220 g/mol. The first kappa shape index (κ1) is 11.3. The van der Waals surface area contributed by atoms with E-state index in [2.05, 4.69) is 20.9 Å². The van der Waals surface area contributed by atoms with Gasteiger partial charge in [-0.25, -0.2) is 9.97 Å². The number of nitrogens with two attached hydrogens (primary N) is 1. The lowest BCUT2D eigenvalue weighted by Gasteiger charge is -2.36. The van der Waals surface area contributed by atoms with Crippen LogP contribution in [0.15, 0.2) is 6.07 Å². The van der Waals surface area contributed by atoms with Crippen LogP contribution in [0, 0.1) is 13.8 Å². The molecule has 1 aromatic rings. The smallest absolute Gasteiger partial charge is 0.132 e. The van der Waals surface area contributed by atoms with Gasteiger partial charge in [-0.05, 0) is 33.1 Å². The number of hydrogen-bond acceptors (Lipinski definition) is 4. The molecular weight excluding hydrogens is 200 g/mol. The van der Waals surface area contributed by atoms with Crippen LogP contribution in [-0.2, 0) is 0 Å². The van der Waals surface area contributed by atoms with Crippen molar-refractivity contribution < 1.29 is 0 Å². The molecule has 1 aliphatic heterocycles. The largest absolute Gasteiger partial charge is 0.352 e. The lowest BCUT2D eigenvalue weighted by Crippen LogP contribution is -2.44. The van der Waals surface area contributed by atoms with Gasteiger partial charge in [0.2, 0.25) is 0 Å². The van der Waals surface area contributed by atoms with Crippen LogP contribution in [0.25, 0.3) is 0 Å². The van der Waals surface area contributed by atoms with E-state index in [-0.39, 0.29) is 0 Å². The summed E-state index contributed by atoms with van der Waals surface area (Å²) in [6, 6.07) is 2.50. The molecule has 1 unspecified atom stereocenters. The maximum Gasteiger partial charge on any atom is 0.132 e. The highest BCUT2D eigenvalue weighted by Gasteiger charge is 2.22. The second-order valence-corrected chi connectivity index (χ2v) is 4.49. The van der Waals surface area contributed by atoms with Gasteiger partial charge in [0.05, 0.1) is 0 Å². The number of anilines is 1. The summed E-state index contributed by atoms with van der Waals surface area (Å²) in [5.41, 5.74) is 6.85. The van der Waals surface area contributed by atoms with Gasteiger partial charge in [0.25, 0.3) is 0 Å². The maximum absolute atomic E-state index is 5.82. The molecule has 1 atom stereocenters. The number of nitrogens with zero attached hydrogens (tertiary/aromatic N) is 3. The summed E-state index contributed by atoms with van der Waals surface area (Å²) in [6.07, 6.45) is 3.69. The molecule has 88 valence electrons. The zero-order valence-electron chi connectivity index (χ0n) is 10.1. The van der Waals surface area contributed by atoms with Gasteiger partial charge < -0.3 is 10.6 Å². The van der Waals surface area contributed by atoms with Crippen molar-refractivity contribution in [2.24, 2.45) is 5.73 Å². The van der Waals surface area contributed by atoms with Crippen LogP contribution in [0.2, 0.25) is 0 Å². The van der Waals surface area contributed by atoms with Gasteiger partial charge in [-0.2, -0.15) is 0 Å². The van der Waals surface area contributed by atoms with Crippen LogP contribution < -0.4 is 10.6 Å². The molecular formula is C12H20N4. The molecule has 16 heavy (non-hydrogen) atoms. The van der Waals surface area contributed by atoms with Crippen molar-refractivity contribution in [2.75, 3.05) is 18.0 Å². The molecule has 0 saturated carbocycles. The Bertz CT molecular complexity index is 344. The highest BCUT2D eigenvalue weighted by atomic mass is 15.2. The molecule has 2 N–H and O–H groups in total. The van der Waals surface area contributed by atoms with E-state index in [1.807, 2.05) is 13.8 Å². The van der Waals surface area contributed by atoms with E-state index in [9.17, 15) is 0 Å². The average Bonchev–Trinajstić information content (AvgIpc) is 2.27. The van der Waals surface area contributed by atoms with E-state index in [0.29, 0.717) is 12.6 Å². The number of aromatic nitrogens is 2. The van der Waals surface area contributed by atoms with Gasteiger partial charge in [-0.1, -0.05) is 0 Å². The van der Waals surface area contributed by atoms with Crippen LogP contribution in [0.4, 0.5) is 5.82 Å². The first-order valence-corrected chi connectivity index (χ1v) is 5.99.